The number of hydrogen-bond acceptors (Lipinski definition) is 4. The van der Waals surface area contributed by atoms with Crippen LogP contribution in [0.3, 0.4) is 0 Å². The zero-order valence-electron chi connectivity index (χ0n) is 10.1. The van der Waals surface area contributed by atoms with Crippen LogP contribution < -0.4 is 0 Å². The third-order valence-corrected chi connectivity index (χ3v) is 5.86. The molecule has 0 saturated carbocycles. The molecule has 100 valence electrons. The number of rotatable bonds is 4. The number of Topliss-reactive ketones (excluding diaryl/α,β-unsaturated/α-hetero) is 1. The summed E-state index contributed by atoms with van der Waals surface area (Å²) in [5.41, 5.74) is 0.568. The van der Waals surface area contributed by atoms with E-state index in [0.29, 0.717) is 26.0 Å². The molecule has 18 heavy (non-hydrogen) atoms. The molecule has 0 radical (unpaired) electrons. The number of carbonyl (C=O) groups excluding carboxylic acids is 1. The lowest BCUT2D eigenvalue weighted by molar-refractivity contribution is 0.0933. The van der Waals surface area contributed by atoms with E-state index in [-0.39, 0.29) is 5.78 Å². The van der Waals surface area contributed by atoms with Crippen LogP contribution in [0.2, 0.25) is 8.67 Å². The minimum absolute atomic E-state index is 0.0740. The van der Waals surface area contributed by atoms with E-state index < -0.39 is 0 Å². The summed E-state index contributed by atoms with van der Waals surface area (Å²) in [7, 11) is 0. The normalized spacial score (nSPS) is 21.2. The fraction of sp³-hybridized carbons (Fsp3) is 0.583. The zero-order chi connectivity index (χ0) is 13.1. The van der Waals surface area contributed by atoms with Gasteiger partial charge in [0.25, 0.3) is 0 Å². The fourth-order valence-electron chi connectivity index (χ4n) is 1.99. The third-order valence-electron chi connectivity index (χ3n) is 3.00. The molecule has 6 heteroatoms. The van der Waals surface area contributed by atoms with Gasteiger partial charge in [0.1, 0.15) is 4.34 Å². The highest BCUT2D eigenvalue weighted by Gasteiger charge is 2.22. The van der Waals surface area contributed by atoms with E-state index in [2.05, 4.69) is 11.8 Å². The highest BCUT2D eigenvalue weighted by Crippen LogP contribution is 2.31. The Hall–Kier alpha value is 0.260. The molecular weight excluding hydrogens is 309 g/mol. The van der Waals surface area contributed by atoms with Gasteiger partial charge in [0.15, 0.2) is 5.78 Å². The van der Waals surface area contributed by atoms with Crippen LogP contribution in [0, 0.1) is 0 Å². The van der Waals surface area contributed by atoms with E-state index >= 15 is 0 Å². The summed E-state index contributed by atoms with van der Waals surface area (Å²) in [4.78, 5) is 14.4. The largest absolute Gasteiger partial charge is 0.294 e. The van der Waals surface area contributed by atoms with Gasteiger partial charge in [0.05, 0.1) is 16.4 Å². The summed E-state index contributed by atoms with van der Waals surface area (Å²) in [6.45, 7) is 4.60. The van der Waals surface area contributed by atoms with Crippen molar-refractivity contribution in [2.24, 2.45) is 0 Å². The van der Waals surface area contributed by atoms with Crippen molar-refractivity contribution in [1.29, 1.82) is 0 Å². The van der Waals surface area contributed by atoms with Crippen molar-refractivity contribution in [3.63, 3.8) is 0 Å². The van der Waals surface area contributed by atoms with Crippen LogP contribution in [0.25, 0.3) is 0 Å². The molecular formula is C12H15Cl2NOS2. The lowest BCUT2D eigenvalue weighted by atomic mass is 10.2. The van der Waals surface area contributed by atoms with Crippen LogP contribution in [-0.2, 0) is 0 Å². The first-order valence-corrected chi connectivity index (χ1v) is 8.54. The van der Waals surface area contributed by atoms with Gasteiger partial charge in [-0.05, 0) is 12.5 Å². The molecule has 1 saturated heterocycles. The average molecular weight is 324 g/mol. The van der Waals surface area contributed by atoms with E-state index in [0.717, 1.165) is 25.3 Å². The number of thiophene rings is 1. The number of ketones is 1. The Kier molecular flexibility index (Phi) is 5.39. The fourth-order valence-corrected chi connectivity index (χ4v) is 4.74. The van der Waals surface area contributed by atoms with Crippen molar-refractivity contribution in [3.05, 3.63) is 20.3 Å². The predicted molar refractivity (Wildman–Crippen MR) is 81.6 cm³/mol. The Morgan fingerprint density at radius 2 is 2.33 bits per heavy atom. The van der Waals surface area contributed by atoms with E-state index in [1.807, 2.05) is 11.8 Å². The Morgan fingerprint density at radius 3 is 2.94 bits per heavy atom. The maximum atomic E-state index is 12.2. The molecule has 0 bridgehead atoms. The van der Waals surface area contributed by atoms with Crippen LogP contribution in [0.4, 0.5) is 0 Å². The quantitative estimate of drug-likeness (QED) is 0.779. The van der Waals surface area contributed by atoms with Crippen molar-refractivity contribution in [2.45, 2.75) is 18.6 Å². The molecule has 0 aromatic carbocycles. The van der Waals surface area contributed by atoms with E-state index in [1.54, 1.807) is 6.07 Å². The predicted octanol–water partition coefficient (Wildman–Crippen LogP) is 4.07. The molecule has 0 spiro atoms. The number of hydrogen-bond donors (Lipinski definition) is 0. The number of carbonyl (C=O) groups is 1. The van der Waals surface area contributed by atoms with Gasteiger partial charge in [-0.15, -0.1) is 11.3 Å². The van der Waals surface area contributed by atoms with Crippen LogP contribution >= 0.6 is 46.3 Å². The molecule has 1 atom stereocenters. The Labute approximate surface area is 126 Å². The molecule has 0 aliphatic carbocycles. The zero-order valence-corrected chi connectivity index (χ0v) is 13.3. The van der Waals surface area contributed by atoms with Gasteiger partial charge in [0.2, 0.25) is 0 Å². The molecule has 1 aromatic rings. The van der Waals surface area contributed by atoms with Crippen molar-refractivity contribution in [2.75, 3.05) is 25.4 Å². The summed E-state index contributed by atoms with van der Waals surface area (Å²) in [5, 5.41) is 0.646. The Balaban J connectivity index is 1.97. The second-order valence-corrected chi connectivity index (χ2v) is 7.99. The van der Waals surface area contributed by atoms with Gasteiger partial charge in [-0.1, -0.05) is 30.1 Å². The molecule has 0 amide bonds. The molecule has 1 aromatic heterocycles. The highest BCUT2D eigenvalue weighted by atomic mass is 35.5. The first kappa shape index (κ1) is 14.7. The molecule has 1 fully saturated rings. The van der Waals surface area contributed by atoms with Crippen LogP contribution in [0.1, 0.15) is 23.7 Å². The van der Waals surface area contributed by atoms with E-state index in [9.17, 15) is 4.79 Å². The Morgan fingerprint density at radius 1 is 1.56 bits per heavy atom. The number of nitrogens with zero attached hydrogens (tertiary/aromatic N) is 1. The molecule has 1 unspecified atom stereocenters. The highest BCUT2D eigenvalue weighted by molar-refractivity contribution is 8.00. The first-order valence-electron chi connectivity index (χ1n) is 5.92. The number of thioether (sulfide) groups is 1. The summed E-state index contributed by atoms with van der Waals surface area (Å²) >= 11 is 15.1. The van der Waals surface area contributed by atoms with Gasteiger partial charge in [0, 0.05) is 24.1 Å². The summed E-state index contributed by atoms with van der Waals surface area (Å²) < 4.78 is 1.08. The second kappa shape index (κ2) is 6.62. The maximum absolute atomic E-state index is 12.2. The van der Waals surface area contributed by atoms with Crippen molar-refractivity contribution in [1.82, 2.24) is 4.90 Å². The summed E-state index contributed by atoms with van der Waals surface area (Å²) in [6, 6.07) is 1.67. The topological polar surface area (TPSA) is 20.3 Å². The molecule has 2 rings (SSSR count). The van der Waals surface area contributed by atoms with Gasteiger partial charge < -0.3 is 0 Å². The van der Waals surface area contributed by atoms with E-state index in [1.165, 1.54) is 11.3 Å². The van der Waals surface area contributed by atoms with Gasteiger partial charge in [-0.25, -0.2) is 0 Å². The molecule has 1 aliphatic heterocycles. The number of halogens is 2. The summed E-state index contributed by atoms with van der Waals surface area (Å²) in [5.74, 6) is 1.18. The third kappa shape index (κ3) is 3.64. The monoisotopic (exact) mass is 323 g/mol. The minimum Gasteiger partial charge on any atom is -0.294 e. The SMILES string of the molecule is CCC1CN(CC(=O)c2cc(Cl)sc2Cl)CCS1. The van der Waals surface area contributed by atoms with Crippen molar-refractivity contribution < 1.29 is 4.79 Å². The molecule has 2 heterocycles. The van der Waals surface area contributed by atoms with Crippen LogP contribution in [0.5, 0.6) is 0 Å². The standard InChI is InChI=1S/C12H15Cl2NOS2/c1-2-8-6-15(3-4-17-8)7-10(16)9-5-11(13)18-12(9)14/h5,8H,2-4,6-7H2,1H3. The van der Waals surface area contributed by atoms with Crippen molar-refractivity contribution >= 4 is 52.1 Å². The van der Waals surface area contributed by atoms with Gasteiger partial charge in [-0.2, -0.15) is 11.8 Å². The lowest BCUT2D eigenvalue weighted by Gasteiger charge is -2.31. The molecule has 2 nitrogen and oxygen atoms in total. The van der Waals surface area contributed by atoms with Gasteiger partial charge >= 0.3 is 0 Å². The average Bonchev–Trinajstić information content (AvgIpc) is 2.69. The first-order chi connectivity index (χ1) is 8.60. The Bertz CT molecular complexity index is 436. The van der Waals surface area contributed by atoms with Crippen LogP contribution in [0.15, 0.2) is 6.07 Å². The van der Waals surface area contributed by atoms with Gasteiger partial charge in [-0.3, -0.25) is 9.69 Å². The molecule has 1 aliphatic rings. The molecule has 0 N–H and O–H groups in total. The second-order valence-electron chi connectivity index (χ2n) is 4.30. The van der Waals surface area contributed by atoms with Crippen LogP contribution in [-0.4, -0.2) is 41.3 Å². The lowest BCUT2D eigenvalue weighted by Crippen LogP contribution is -2.40. The minimum atomic E-state index is 0.0740. The summed E-state index contributed by atoms with van der Waals surface area (Å²) in [6.07, 6.45) is 1.15. The smallest absolute Gasteiger partial charge is 0.179 e. The maximum Gasteiger partial charge on any atom is 0.179 e. The van der Waals surface area contributed by atoms with E-state index in [4.69, 9.17) is 23.2 Å². The van der Waals surface area contributed by atoms with Crippen molar-refractivity contribution in [3.8, 4) is 0 Å².